The van der Waals surface area contributed by atoms with Crippen LogP contribution in [0.15, 0.2) is 36.7 Å². The molecule has 1 aromatic rings. The molecule has 1 aliphatic rings. The first-order valence-corrected chi connectivity index (χ1v) is 5.65. The Morgan fingerprint density at radius 3 is 2.82 bits per heavy atom. The maximum atomic E-state index is 8.66. The highest BCUT2D eigenvalue weighted by Gasteiger charge is 2.02. The van der Waals surface area contributed by atoms with Gasteiger partial charge in [-0.15, -0.1) is 0 Å². The van der Waals surface area contributed by atoms with Crippen molar-refractivity contribution in [1.82, 2.24) is 10.2 Å². The van der Waals surface area contributed by atoms with E-state index in [4.69, 9.17) is 10.00 Å². The Balaban J connectivity index is 1.67. The van der Waals surface area contributed by atoms with Crippen LogP contribution in [0.3, 0.4) is 0 Å². The second kappa shape index (κ2) is 5.80. The molecule has 0 radical (unpaired) electrons. The van der Waals surface area contributed by atoms with E-state index in [1.807, 2.05) is 24.5 Å². The van der Waals surface area contributed by atoms with E-state index in [9.17, 15) is 0 Å². The second-order valence-electron chi connectivity index (χ2n) is 3.83. The number of nitrogens with one attached hydrogen (secondary N) is 1. The monoisotopic (exact) mass is 229 g/mol. The van der Waals surface area contributed by atoms with Crippen LogP contribution < -0.4 is 10.1 Å². The average molecular weight is 229 g/mol. The topological polar surface area (TPSA) is 48.3 Å². The molecule has 0 bridgehead atoms. The minimum atomic E-state index is 0.658. The third-order valence-corrected chi connectivity index (χ3v) is 2.54. The highest BCUT2D eigenvalue weighted by Crippen LogP contribution is 2.11. The first kappa shape index (κ1) is 11.3. The molecule has 0 fully saturated rings. The third-order valence-electron chi connectivity index (χ3n) is 2.54. The van der Waals surface area contributed by atoms with Crippen LogP contribution in [0.25, 0.3) is 0 Å². The Morgan fingerprint density at radius 1 is 1.35 bits per heavy atom. The average Bonchev–Trinajstić information content (AvgIpc) is 2.88. The predicted molar refractivity (Wildman–Crippen MR) is 65.1 cm³/mol. The summed E-state index contributed by atoms with van der Waals surface area (Å²) in [4.78, 5) is 2.20. The van der Waals surface area contributed by atoms with Crippen molar-refractivity contribution in [2.45, 2.75) is 6.42 Å². The maximum Gasteiger partial charge on any atom is 0.119 e. The van der Waals surface area contributed by atoms with E-state index in [0.29, 0.717) is 12.2 Å². The van der Waals surface area contributed by atoms with Crippen molar-refractivity contribution in [3.05, 3.63) is 42.2 Å². The maximum absolute atomic E-state index is 8.66. The largest absolute Gasteiger partial charge is 0.494 e. The lowest BCUT2D eigenvalue weighted by Crippen LogP contribution is -2.22. The quantitative estimate of drug-likeness (QED) is 0.780. The van der Waals surface area contributed by atoms with Gasteiger partial charge in [-0.25, -0.2) is 0 Å². The van der Waals surface area contributed by atoms with Crippen molar-refractivity contribution < 1.29 is 4.74 Å². The molecule has 4 nitrogen and oxygen atoms in total. The molecule has 0 amide bonds. The number of ether oxygens (including phenoxy) is 1. The Kier molecular flexibility index (Phi) is 3.87. The van der Waals surface area contributed by atoms with Gasteiger partial charge in [0.1, 0.15) is 5.75 Å². The van der Waals surface area contributed by atoms with Crippen LogP contribution >= 0.6 is 0 Å². The van der Waals surface area contributed by atoms with Crippen molar-refractivity contribution in [2.75, 3.05) is 19.8 Å². The normalized spacial score (nSPS) is 13.2. The fourth-order valence-corrected chi connectivity index (χ4v) is 1.62. The number of benzene rings is 1. The molecule has 0 spiro atoms. The molecular weight excluding hydrogens is 214 g/mol. The Bertz CT molecular complexity index is 419. The highest BCUT2D eigenvalue weighted by atomic mass is 16.5. The summed E-state index contributed by atoms with van der Waals surface area (Å²) in [5.41, 5.74) is 0.658. The molecule has 0 saturated heterocycles. The molecule has 0 saturated carbocycles. The third kappa shape index (κ3) is 3.42. The molecule has 17 heavy (non-hydrogen) atoms. The van der Waals surface area contributed by atoms with Crippen LogP contribution in [0, 0.1) is 11.3 Å². The summed E-state index contributed by atoms with van der Waals surface area (Å²) in [7, 11) is 0. The van der Waals surface area contributed by atoms with E-state index in [1.165, 1.54) is 0 Å². The lowest BCUT2D eigenvalue weighted by atomic mass is 10.2. The van der Waals surface area contributed by atoms with Gasteiger partial charge in [-0.3, -0.25) is 0 Å². The molecule has 1 aliphatic heterocycles. The minimum absolute atomic E-state index is 0.658. The van der Waals surface area contributed by atoms with Crippen LogP contribution in [-0.2, 0) is 0 Å². The number of hydrogen-bond acceptors (Lipinski definition) is 4. The molecule has 0 aromatic heterocycles. The molecule has 0 unspecified atom stereocenters. The second-order valence-corrected chi connectivity index (χ2v) is 3.83. The lowest BCUT2D eigenvalue weighted by Gasteiger charge is -2.14. The minimum Gasteiger partial charge on any atom is -0.494 e. The standard InChI is InChI=1S/C13H15N3O/c14-10-12-2-4-13(5-3-12)17-9-1-7-16-8-6-15-11-16/h2-6,8,15H,1,7,9,11H2. The van der Waals surface area contributed by atoms with E-state index in [2.05, 4.69) is 16.3 Å². The molecule has 1 N–H and O–H groups in total. The summed E-state index contributed by atoms with van der Waals surface area (Å²) in [6.07, 6.45) is 4.97. The van der Waals surface area contributed by atoms with Crippen LogP contribution in [0.5, 0.6) is 5.75 Å². The van der Waals surface area contributed by atoms with Crippen molar-refractivity contribution in [1.29, 1.82) is 5.26 Å². The first-order chi connectivity index (χ1) is 8.38. The smallest absolute Gasteiger partial charge is 0.119 e. The fourth-order valence-electron chi connectivity index (χ4n) is 1.62. The van der Waals surface area contributed by atoms with Gasteiger partial charge < -0.3 is 15.0 Å². The van der Waals surface area contributed by atoms with Gasteiger partial charge in [0.15, 0.2) is 0 Å². The summed E-state index contributed by atoms with van der Waals surface area (Å²) >= 11 is 0. The lowest BCUT2D eigenvalue weighted by molar-refractivity contribution is 0.279. The molecule has 88 valence electrons. The van der Waals surface area contributed by atoms with Crippen LogP contribution in [-0.4, -0.2) is 24.7 Å². The zero-order valence-corrected chi connectivity index (χ0v) is 9.60. The van der Waals surface area contributed by atoms with Crippen molar-refractivity contribution in [3.63, 3.8) is 0 Å². The molecule has 4 heteroatoms. The Hall–Kier alpha value is -2.15. The van der Waals surface area contributed by atoms with E-state index >= 15 is 0 Å². The summed E-state index contributed by atoms with van der Waals surface area (Å²) < 4.78 is 5.58. The SMILES string of the molecule is N#Cc1ccc(OCCCN2C=CNC2)cc1. The number of nitriles is 1. The zero-order valence-electron chi connectivity index (χ0n) is 9.60. The van der Waals surface area contributed by atoms with Gasteiger partial charge in [0.05, 0.1) is 24.9 Å². The van der Waals surface area contributed by atoms with E-state index in [-0.39, 0.29) is 0 Å². The zero-order chi connectivity index (χ0) is 11.9. The Morgan fingerprint density at radius 2 is 2.18 bits per heavy atom. The summed E-state index contributed by atoms with van der Waals surface area (Å²) in [5.74, 6) is 0.819. The van der Waals surface area contributed by atoms with Gasteiger partial charge in [0.2, 0.25) is 0 Å². The number of rotatable bonds is 5. The first-order valence-electron chi connectivity index (χ1n) is 5.65. The van der Waals surface area contributed by atoms with Crippen molar-refractivity contribution in [3.8, 4) is 11.8 Å². The molecule has 0 atom stereocenters. The van der Waals surface area contributed by atoms with Gasteiger partial charge in [0.25, 0.3) is 0 Å². The van der Waals surface area contributed by atoms with Crippen LogP contribution in [0.1, 0.15) is 12.0 Å². The van der Waals surface area contributed by atoms with Gasteiger partial charge >= 0.3 is 0 Å². The van der Waals surface area contributed by atoms with Crippen molar-refractivity contribution >= 4 is 0 Å². The van der Waals surface area contributed by atoms with Gasteiger partial charge in [-0.1, -0.05) is 0 Å². The molecular formula is C13H15N3O. The molecule has 1 heterocycles. The van der Waals surface area contributed by atoms with E-state index in [0.717, 1.165) is 25.4 Å². The van der Waals surface area contributed by atoms with Crippen LogP contribution in [0.4, 0.5) is 0 Å². The van der Waals surface area contributed by atoms with Crippen LogP contribution in [0.2, 0.25) is 0 Å². The summed E-state index contributed by atoms with van der Waals surface area (Å²) in [6, 6.07) is 9.27. The summed E-state index contributed by atoms with van der Waals surface area (Å²) in [6.45, 7) is 2.56. The fraction of sp³-hybridized carbons (Fsp3) is 0.308. The predicted octanol–water partition coefficient (Wildman–Crippen LogP) is 1.66. The van der Waals surface area contributed by atoms with E-state index < -0.39 is 0 Å². The Labute approximate surface area is 101 Å². The van der Waals surface area contributed by atoms with Crippen molar-refractivity contribution in [2.24, 2.45) is 0 Å². The van der Waals surface area contributed by atoms with Gasteiger partial charge in [-0.2, -0.15) is 5.26 Å². The molecule has 0 aliphatic carbocycles. The molecule has 2 rings (SSSR count). The number of hydrogen-bond donors (Lipinski definition) is 1. The summed E-state index contributed by atoms with van der Waals surface area (Å²) in [5, 5.41) is 11.8. The highest BCUT2D eigenvalue weighted by molar-refractivity contribution is 5.34. The van der Waals surface area contributed by atoms with Gasteiger partial charge in [-0.05, 0) is 30.7 Å². The number of nitrogens with zero attached hydrogens (tertiary/aromatic N) is 2. The van der Waals surface area contributed by atoms with Gasteiger partial charge in [0, 0.05) is 18.9 Å². The van der Waals surface area contributed by atoms with E-state index in [1.54, 1.807) is 12.1 Å². The molecule has 1 aromatic carbocycles.